The van der Waals surface area contributed by atoms with Crippen LogP contribution in [-0.2, 0) is 34.4 Å². The van der Waals surface area contributed by atoms with E-state index in [-0.39, 0.29) is 84.2 Å². The van der Waals surface area contributed by atoms with Crippen LogP contribution in [0.2, 0.25) is 10.0 Å². The summed E-state index contributed by atoms with van der Waals surface area (Å²) in [5.74, 6) is -1.47. The van der Waals surface area contributed by atoms with Gasteiger partial charge in [0.05, 0.1) is 9.79 Å². The predicted octanol–water partition coefficient (Wildman–Crippen LogP) is 6.02. The molecular formula is C48H71Cl2F3N10O9S2. The molecule has 2 aromatic carbocycles. The standard InChI is InChI=1S/C23H32ClN5O4S.C18H23ClN4O3S.C4H11N.C2HF3O2.CH4/c1-22(2,3)27-21(31)28-11-5-6-16(15-28)19-25-20(30)23(26-19)9-12-29(13-10-23)34(32,33)18-8-4-7-17(24)14-18;19-14-4-1-5-15(11-14)27(25,26)23-9-6-18(7-10-23)17(24)21-16(22-18)13-3-2-8-20-12-13;1-4(2,3)5;3-2(4,5)1(6)7;/h4,7-8,14,16H,5-6,9-13,15H2,1-3H3,(H,27,31)(H,25,26,30);1,4-5,11,13,20H,2-3,6-10,12H2,(H,21,22,24);5H2,1-3H3;(H,6,7);1H4. The molecule has 2 unspecified atom stereocenters. The highest BCUT2D eigenvalue weighted by molar-refractivity contribution is 7.89. The van der Waals surface area contributed by atoms with Crippen LogP contribution in [0.1, 0.15) is 100 Å². The lowest BCUT2D eigenvalue weighted by atomic mass is 9.89. The number of nitrogens with two attached hydrogens (primary N) is 1. The first kappa shape index (κ1) is 62.1. The molecule has 0 saturated carbocycles. The van der Waals surface area contributed by atoms with Gasteiger partial charge in [-0.3, -0.25) is 19.6 Å². The van der Waals surface area contributed by atoms with Crippen molar-refractivity contribution in [2.45, 2.75) is 138 Å². The van der Waals surface area contributed by atoms with Crippen molar-refractivity contribution in [1.29, 1.82) is 0 Å². The molecule has 8 rings (SSSR count). The zero-order valence-corrected chi connectivity index (χ0v) is 45.0. The molecule has 6 heterocycles. The number of halogens is 5. The summed E-state index contributed by atoms with van der Waals surface area (Å²) in [5, 5.41) is 20.1. The summed E-state index contributed by atoms with van der Waals surface area (Å²) in [6, 6.07) is 12.3. The molecule has 6 aliphatic rings. The number of benzene rings is 2. The van der Waals surface area contributed by atoms with Crippen molar-refractivity contribution in [3.8, 4) is 0 Å². The lowest BCUT2D eigenvalue weighted by Gasteiger charge is -2.35. The minimum atomic E-state index is -5.08. The van der Waals surface area contributed by atoms with Crippen molar-refractivity contribution >= 4 is 78.7 Å². The summed E-state index contributed by atoms with van der Waals surface area (Å²) in [4.78, 5) is 58.8. The summed E-state index contributed by atoms with van der Waals surface area (Å²) in [7, 11) is -7.32. The molecule has 0 aliphatic carbocycles. The van der Waals surface area contributed by atoms with Gasteiger partial charge in [-0.25, -0.2) is 26.4 Å². The molecule has 0 radical (unpaired) electrons. The number of alkyl halides is 3. The highest BCUT2D eigenvalue weighted by Gasteiger charge is 2.50. The van der Waals surface area contributed by atoms with E-state index in [1.54, 1.807) is 35.2 Å². The highest BCUT2D eigenvalue weighted by atomic mass is 35.5. The molecule has 2 aromatic rings. The predicted molar refractivity (Wildman–Crippen MR) is 278 cm³/mol. The number of carboxylic acids is 1. The smallest absolute Gasteiger partial charge is 0.475 e. The van der Waals surface area contributed by atoms with E-state index in [0.29, 0.717) is 54.7 Å². The molecule has 26 heteroatoms. The maximum absolute atomic E-state index is 13.0. The van der Waals surface area contributed by atoms with Crippen LogP contribution >= 0.6 is 23.2 Å². The van der Waals surface area contributed by atoms with Crippen LogP contribution < -0.4 is 27.0 Å². The number of carbonyl (C=O) groups excluding carboxylic acids is 3. The number of urea groups is 1. The number of piperidine rings is 4. The molecule has 4 saturated heterocycles. The first-order valence-corrected chi connectivity index (χ1v) is 27.6. The minimum Gasteiger partial charge on any atom is -0.475 e. The second-order valence-electron chi connectivity index (χ2n) is 20.9. The lowest BCUT2D eigenvalue weighted by molar-refractivity contribution is -0.192. The summed E-state index contributed by atoms with van der Waals surface area (Å²) >= 11 is 11.9. The molecule has 0 aromatic heterocycles. The SMILES string of the molecule is C.CC(C)(C)N.CC(C)(C)NC(=O)N1CCCC(C2=NC3(CCN(S(=O)(=O)c4cccc(Cl)c4)CC3)C(=O)N2)C1.O=C(O)C(F)(F)F.O=C1NC(C2CCCNC2)=NC12CCN(S(=O)(=O)c1cccc(Cl)c1)CC2. The molecule has 414 valence electrons. The van der Waals surface area contributed by atoms with E-state index in [1.165, 1.54) is 26.8 Å². The quantitative estimate of drug-likeness (QED) is 0.195. The maximum Gasteiger partial charge on any atom is 0.490 e. The fourth-order valence-corrected chi connectivity index (χ4v) is 12.2. The van der Waals surface area contributed by atoms with Gasteiger partial charge >= 0.3 is 18.2 Å². The largest absolute Gasteiger partial charge is 0.490 e. The molecule has 19 nitrogen and oxygen atoms in total. The number of aliphatic carboxylic acids is 1. The van der Waals surface area contributed by atoms with Gasteiger partial charge in [-0.1, -0.05) is 42.8 Å². The van der Waals surface area contributed by atoms with Gasteiger partial charge in [0.1, 0.15) is 22.7 Å². The number of hydrogen-bond donors (Lipinski definition) is 6. The van der Waals surface area contributed by atoms with Gasteiger partial charge in [0.25, 0.3) is 11.8 Å². The van der Waals surface area contributed by atoms with E-state index in [9.17, 15) is 44.4 Å². The molecule has 4 fully saturated rings. The number of carbonyl (C=O) groups is 4. The third-order valence-corrected chi connectivity index (χ3v) is 16.7. The topological polar surface area (TPSA) is 265 Å². The van der Waals surface area contributed by atoms with E-state index in [1.807, 2.05) is 41.5 Å². The Morgan fingerprint density at radius 1 is 0.743 bits per heavy atom. The van der Waals surface area contributed by atoms with Gasteiger partial charge in [0.15, 0.2) is 0 Å². The van der Waals surface area contributed by atoms with Gasteiger partial charge in [0, 0.05) is 78.8 Å². The third-order valence-electron chi connectivity index (χ3n) is 12.5. The van der Waals surface area contributed by atoms with Gasteiger partial charge in [-0.05, 0) is 136 Å². The summed E-state index contributed by atoms with van der Waals surface area (Å²) in [6.45, 7) is 15.6. The summed E-state index contributed by atoms with van der Waals surface area (Å²) in [6.07, 6.45) is 0.0614. The van der Waals surface area contributed by atoms with E-state index in [2.05, 4.69) is 21.3 Å². The Labute approximate surface area is 442 Å². The van der Waals surface area contributed by atoms with Crippen molar-refractivity contribution < 1.29 is 54.3 Å². The zero-order valence-electron chi connectivity index (χ0n) is 41.8. The van der Waals surface area contributed by atoms with Crippen LogP contribution in [0.15, 0.2) is 68.3 Å². The monoisotopic (exact) mass is 1120 g/mol. The molecular weight excluding hydrogens is 1050 g/mol. The van der Waals surface area contributed by atoms with E-state index >= 15 is 0 Å². The number of rotatable bonds is 6. The average molecular weight is 1120 g/mol. The van der Waals surface area contributed by atoms with Gasteiger partial charge < -0.3 is 37.0 Å². The van der Waals surface area contributed by atoms with Crippen LogP contribution in [0.5, 0.6) is 0 Å². The molecule has 74 heavy (non-hydrogen) atoms. The van der Waals surface area contributed by atoms with Crippen LogP contribution in [-0.4, -0.2) is 152 Å². The number of amides is 4. The maximum atomic E-state index is 13.0. The number of hydrogen-bond acceptors (Lipinski definition) is 12. The van der Waals surface area contributed by atoms with Gasteiger partial charge in [-0.2, -0.15) is 21.8 Å². The average Bonchev–Trinajstić information content (AvgIpc) is 3.80. The Morgan fingerprint density at radius 2 is 1.15 bits per heavy atom. The van der Waals surface area contributed by atoms with Crippen molar-refractivity contribution in [3.63, 3.8) is 0 Å². The molecule has 7 N–H and O–H groups in total. The fraction of sp³-hybridized carbons (Fsp3) is 0.625. The first-order valence-electron chi connectivity index (χ1n) is 24.0. The fourth-order valence-electron chi connectivity index (χ4n) is 8.76. The Morgan fingerprint density at radius 3 is 1.51 bits per heavy atom. The third kappa shape index (κ3) is 16.5. The van der Waals surface area contributed by atoms with E-state index < -0.39 is 43.3 Å². The number of amidine groups is 2. The van der Waals surface area contributed by atoms with Crippen molar-refractivity contribution in [3.05, 3.63) is 58.6 Å². The lowest BCUT2D eigenvalue weighted by Crippen LogP contribution is -2.53. The Hall–Kier alpha value is -4.43. The van der Waals surface area contributed by atoms with Gasteiger partial charge in [0.2, 0.25) is 20.0 Å². The Kier molecular flexibility index (Phi) is 20.7. The number of aliphatic imine (C=N–C) groups is 2. The van der Waals surface area contributed by atoms with Crippen LogP contribution in [0.25, 0.3) is 0 Å². The Bertz CT molecular complexity index is 2620. The van der Waals surface area contributed by atoms with Crippen LogP contribution in [0.4, 0.5) is 18.0 Å². The summed E-state index contributed by atoms with van der Waals surface area (Å²) < 4.78 is 86.3. The summed E-state index contributed by atoms with van der Waals surface area (Å²) in [5.41, 5.74) is 3.25. The first-order chi connectivity index (χ1) is 33.7. The van der Waals surface area contributed by atoms with Crippen LogP contribution in [0.3, 0.4) is 0 Å². The molecule has 6 aliphatic heterocycles. The number of sulfonamides is 2. The van der Waals surface area contributed by atoms with Crippen molar-refractivity contribution in [2.75, 3.05) is 52.4 Å². The molecule has 0 bridgehead atoms. The Balaban J connectivity index is 0.000000263. The zero-order chi connectivity index (χ0) is 54.4. The van der Waals surface area contributed by atoms with Gasteiger partial charge in [-0.15, -0.1) is 0 Å². The van der Waals surface area contributed by atoms with Crippen molar-refractivity contribution in [1.82, 2.24) is 34.8 Å². The highest BCUT2D eigenvalue weighted by Crippen LogP contribution is 2.36. The number of nitrogens with zero attached hydrogens (tertiary/aromatic N) is 5. The number of likely N-dealkylation sites (tertiary alicyclic amines) is 1. The molecule has 4 amide bonds. The second kappa shape index (κ2) is 24.7. The minimum absolute atomic E-state index is 0. The van der Waals surface area contributed by atoms with E-state index in [4.69, 9.17) is 48.8 Å². The number of carboxylic acid groups (broad SMARTS) is 1. The van der Waals surface area contributed by atoms with Crippen molar-refractivity contribution in [2.24, 2.45) is 27.6 Å². The van der Waals surface area contributed by atoms with E-state index in [0.717, 1.165) is 44.6 Å². The number of nitrogens with one attached hydrogen (secondary N) is 4. The second-order valence-corrected chi connectivity index (χ2v) is 25.6. The molecule has 2 spiro atoms. The molecule has 2 atom stereocenters. The normalized spacial score (nSPS) is 22.2. The van der Waals surface area contributed by atoms with Crippen LogP contribution in [0, 0.1) is 11.8 Å².